The van der Waals surface area contributed by atoms with Crippen LogP contribution in [0.2, 0.25) is 0 Å². The Bertz CT molecular complexity index is 760. The van der Waals surface area contributed by atoms with Crippen LogP contribution in [0.5, 0.6) is 0 Å². The molecule has 3 rings (SSSR count). The van der Waals surface area contributed by atoms with E-state index >= 15 is 0 Å². The number of anilines is 1. The number of nitrogen functional groups attached to an aromatic ring is 1. The lowest BCUT2D eigenvalue weighted by Crippen LogP contribution is -2.02. The van der Waals surface area contributed by atoms with Crippen LogP contribution in [0.25, 0.3) is 22.0 Å². The molecule has 2 N–H and O–H groups in total. The largest absolute Gasteiger partial charge is 0.383 e. The predicted octanol–water partition coefficient (Wildman–Crippen LogP) is 2.89. The summed E-state index contributed by atoms with van der Waals surface area (Å²) in [5.74, 6) is 1.20. The lowest BCUT2D eigenvalue weighted by molar-refractivity contribution is 1.05. The number of nitrogens with zero attached hydrogens (tertiary/aromatic N) is 3. The van der Waals surface area contributed by atoms with E-state index in [-0.39, 0.29) is 0 Å². The second-order valence-corrected chi connectivity index (χ2v) is 4.54. The van der Waals surface area contributed by atoms with Gasteiger partial charge in [-0.05, 0) is 19.2 Å². The summed E-state index contributed by atoms with van der Waals surface area (Å²) < 4.78 is 0. The molecule has 0 amide bonds. The number of pyridine rings is 1. The molecular formula is C15H14N4. The third kappa shape index (κ3) is 1.91. The molecule has 2 aromatic heterocycles. The van der Waals surface area contributed by atoms with E-state index in [1.54, 1.807) is 0 Å². The van der Waals surface area contributed by atoms with Gasteiger partial charge in [-0.25, -0.2) is 9.97 Å². The zero-order valence-corrected chi connectivity index (χ0v) is 10.9. The summed E-state index contributed by atoms with van der Waals surface area (Å²) in [4.78, 5) is 13.0. The molecular weight excluding hydrogens is 236 g/mol. The van der Waals surface area contributed by atoms with Gasteiger partial charge in [0.05, 0.1) is 5.69 Å². The van der Waals surface area contributed by atoms with E-state index in [1.807, 2.05) is 44.4 Å². The normalized spacial score (nSPS) is 10.8. The summed E-state index contributed by atoms with van der Waals surface area (Å²) in [5, 5.41) is 2.22. The molecule has 1 aromatic carbocycles. The number of benzene rings is 1. The quantitative estimate of drug-likeness (QED) is 0.721. The molecule has 0 unspecified atom stereocenters. The van der Waals surface area contributed by atoms with Gasteiger partial charge in [-0.3, -0.25) is 4.98 Å². The maximum atomic E-state index is 5.93. The summed E-state index contributed by atoms with van der Waals surface area (Å²) in [6.07, 6.45) is 3.68. The van der Waals surface area contributed by atoms with Crippen LogP contribution >= 0.6 is 0 Å². The average molecular weight is 250 g/mol. The van der Waals surface area contributed by atoms with Crippen LogP contribution in [0.4, 0.5) is 5.82 Å². The molecule has 2 heterocycles. The molecule has 0 saturated heterocycles. The highest BCUT2D eigenvalue weighted by Crippen LogP contribution is 2.29. The van der Waals surface area contributed by atoms with Crippen molar-refractivity contribution >= 4 is 16.6 Å². The van der Waals surface area contributed by atoms with Crippen LogP contribution in [0, 0.1) is 13.8 Å². The molecule has 0 aliphatic carbocycles. The van der Waals surface area contributed by atoms with E-state index in [2.05, 4.69) is 21.0 Å². The van der Waals surface area contributed by atoms with Crippen molar-refractivity contribution in [2.45, 2.75) is 13.8 Å². The topological polar surface area (TPSA) is 64.7 Å². The Morgan fingerprint density at radius 1 is 1.00 bits per heavy atom. The lowest BCUT2D eigenvalue weighted by atomic mass is 10.0. The van der Waals surface area contributed by atoms with E-state index in [9.17, 15) is 0 Å². The number of hydrogen-bond acceptors (Lipinski definition) is 4. The second-order valence-electron chi connectivity index (χ2n) is 4.54. The fourth-order valence-electron chi connectivity index (χ4n) is 2.22. The first-order valence-corrected chi connectivity index (χ1v) is 6.10. The van der Waals surface area contributed by atoms with Crippen LogP contribution in [-0.2, 0) is 0 Å². The van der Waals surface area contributed by atoms with Crippen LogP contribution in [0.15, 0.2) is 36.7 Å². The molecule has 19 heavy (non-hydrogen) atoms. The highest BCUT2D eigenvalue weighted by molar-refractivity contribution is 5.95. The van der Waals surface area contributed by atoms with Crippen molar-refractivity contribution in [1.82, 2.24) is 15.0 Å². The molecule has 0 bridgehead atoms. The van der Waals surface area contributed by atoms with E-state index in [1.165, 1.54) is 0 Å². The standard InChI is InChI=1S/C15H14N4/c1-9-14(18-10(2)19-15(9)16)13-8-17-7-11-5-3-4-6-12(11)13/h3-8H,1-2H3,(H2,16,18,19). The Morgan fingerprint density at radius 2 is 1.79 bits per heavy atom. The molecule has 94 valence electrons. The fraction of sp³-hybridized carbons (Fsp3) is 0.133. The maximum absolute atomic E-state index is 5.93. The van der Waals surface area contributed by atoms with Gasteiger partial charge in [0.15, 0.2) is 0 Å². The van der Waals surface area contributed by atoms with Crippen LogP contribution in [0.1, 0.15) is 11.4 Å². The highest BCUT2D eigenvalue weighted by atomic mass is 14.9. The Morgan fingerprint density at radius 3 is 2.63 bits per heavy atom. The summed E-state index contributed by atoms with van der Waals surface area (Å²) in [5.41, 5.74) is 8.67. The van der Waals surface area contributed by atoms with Crippen molar-refractivity contribution in [1.29, 1.82) is 0 Å². The Hall–Kier alpha value is -2.49. The molecule has 0 fully saturated rings. The molecule has 0 spiro atoms. The summed E-state index contributed by atoms with van der Waals surface area (Å²) in [6.45, 7) is 3.78. The van der Waals surface area contributed by atoms with Crippen molar-refractivity contribution in [2.75, 3.05) is 5.73 Å². The van der Waals surface area contributed by atoms with Crippen molar-refractivity contribution in [3.8, 4) is 11.3 Å². The second kappa shape index (κ2) is 4.31. The summed E-state index contributed by atoms with van der Waals surface area (Å²) in [7, 11) is 0. The fourth-order valence-corrected chi connectivity index (χ4v) is 2.22. The van der Waals surface area contributed by atoms with Gasteiger partial charge in [0, 0.05) is 28.9 Å². The average Bonchev–Trinajstić information content (AvgIpc) is 2.42. The predicted molar refractivity (Wildman–Crippen MR) is 76.7 cm³/mol. The number of fused-ring (bicyclic) bond motifs is 1. The molecule has 0 radical (unpaired) electrons. The van der Waals surface area contributed by atoms with Crippen molar-refractivity contribution in [2.24, 2.45) is 0 Å². The minimum atomic E-state index is 0.524. The summed E-state index contributed by atoms with van der Waals surface area (Å²) in [6, 6.07) is 8.12. The first-order valence-electron chi connectivity index (χ1n) is 6.10. The van der Waals surface area contributed by atoms with Gasteiger partial charge >= 0.3 is 0 Å². The van der Waals surface area contributed by atoms with E-state index < -0.39 is 0 Å². The van der Waals surface area contributed by atoms with E-state index in [0.717, 1.165) is 27.6 Å². The minimum Gasteiger partial charge on any atom is -0.383 e. The number of hydrogen-bond donors (Lipinski definition) is 1. The van der Waals surface area contributed by atoms with Crippen LogP contribution < -0.4 is 5.73 Å². The third-order valence-corrected chi connectivity index (χ3v) is 3.22. The van der Waals surface area contributed by atoms with Gasteiger partial charge < -0.3 is 5.73 Å². The Labute approximate surface area is 111 Å². The summed E-state index contributed by atoms with van der Waals surface area (Å²) >= 11 is 0. The first-order chi connectivity index (χ1) is 9.16. The van der Waals surface area contributed by atoms with E-state index in [4.69, 9.17) is 5.73 Å². The van der Waals surface area contributed by atoms with Gasteiger partial charge in [0.1, 0.15) is 11.6 Å². The monoisotopic (exact) mass is 250 g/mol. The number of rotatable bonds is 1. The van der Waals surface area contributed by atoms with Crippen molar-refractivity contribution < 1.29 is 0 Å². The van der Waals surface area contributed by atoms with Crippen LogP contribution in [0.3, 0.4) is 0 Å². The molecule has 3 aromatic rings. The molecule has 0 aliphatic rings. The van der Waals surface area contributed by atoms with Crippen LogP contribution in [-0.4, -0.2) is 15.0 Å². The lowest BCUT2D eigenvalue weighted by Gasteiger charge is -2.10. The molecule has 4 heteroatoms. The van der Waals surface area contributed by atoms with Crippen molar-refractivity contribution in [3.05, 3.63) is 48.0 Å². The molecule has 0 atom stereocenters. The zero-order valence-electron chi connectivity index (χ0n) is 10.9. The molecule has 0 saturated carbocycles. The van der Waals surface area contributed by atoms with E-state index in [0.29, 0.717) is 11.6 Å². The smallest absolute Gasteiger partial charge is 0.130 e. The zero-order chi connectivity index (χ0) is 13.4. The maximum Gasteiger partial charge on any atom is 0.130 e. The molecule has 0 aliphatic heterocycles. The highest BCUT2D eigenvalue weighted by Gasteiger charge is 2.12. The van der Waals surface area contributed by atoms with Gasteiger partial charge in [0.25, 0.3) is 0 Å². The minimum absolute atomic E-state index is 0.524. The number of aryl methyl sites for hydroxylation is 1. The van der Waals surface area contributed by atoms with Crippen molar-refractivity contribution in [3.63, 3.8) is 0 Å². The molecule has 4 nitrogen and oxygen atoms in total. The number of nitrogens with two attached hydrogens (primary N) is 1. The van der Waals surface area contributed by atoms with Gasteiger partial charge in [-0.2, -0.15) is 0 Å². The van der Waals surface area contributed by atoms with Gasteiger partial charge in [-0.1, -0.05) is 24.3 Å². The Kier molecular flexibility index (Phi) is 2.63. The SMILES string of the molecule is Cc1nc(N)c(C)c(-c2cncc3ccccc23)n1. The third-order valence-electron chi connectivity index (χ3n) is 3.22. The first kappa shape index (κ1) is 11.6. The van der Waals surface area contributed by atoms with Gasteiger partial charge in [-0.15, -0.1) is 0 Å². The number of aromatic nitrogens is 3. The van der Waals surface area contributed by atoms with Gasteiger partial charge in [0.2, 0.25) is 0 Å². The Balaban J connectivity index is 2.37.